The second-order valence-electron chi connectivity index (χ2n) is 11.2. The second kappa shape index (κ2) is 10.8. The molecule has 0 saturated carbocycles. The summed E-state index contributed by atoms with van der Waals surface area (Å²) in [6.07, 6.45) is 4.75. The summed E-state index contributed by atoms with van der Waals surface area (Å²) in [7, 11) is 0. The SMILES string of the molecule is CC(C)(/C=C(/C#N)C(=O)N1CC[C@H](n2c(=O)n(-c3ccc(Oc4ccccc4)cc3)c3c(N)ncnc32)C1)N1CCC1. The van der Waals surface area contributed by atoms with Crippen LogP contribution in [0, 0.1) is 11.3 Å². The fraction of sp³-hybridized carbons (Fsp3) is 0.323. The van der Waals surface area contributed by atoms with E-state index in [0.717, 1.165) is 19.5 Å². The van der Waals surface area contributed by atoms with Crippen molar-refractivity contribution in [3.63, 3.8) is 0 Å². The van der Waals surface area contributed by atoms with Gasteiger partial charge in [-0.25, -0.2) is 14.8 Å². The highest BCUT2D eigenvalue weighted by atomic mass is 16.5. The van der Waals surface area contributed by atoms with E-state index in [1.165, 1.54) is 10.9 Å². The molecule has 0 spiro atoms. The van der Waals surface area contributed by atoms with Crippen LogP contribution in [0.1, 0.15) is 32.7 Å². The Morgan fingerprint density at radius 3 is 2.45 bits per heavy atom. The number of hydrogen-bond acceptors (Lipinski definition) is 8. The summed E-state index contributed by atoms with van der Waals surface area (Å²) >= 11 is 0. The molecule has 2 aromatic heterocycles. The Morgan fingerprint density at radius 2 is 1.79 bits per heavy atom. The molecule has 1 atom stereocenters. The van der Waals surface area contributed by atoms with Crippen LogP contribution in [0.25, 0.3) is 16.9 Å². The summed E-state index contributed by atoms with van der Waals surface area (Å²) < 4.78 is 8.99. The van der Waals surface area contributed by atoms with Crippen LogP contribution in [-0.2, 0) is 4.79 Å². The molecule has 42 heavy (non-hydrogen) atoms. The van der Waals surface area contributed by atoms with E-state index in [2.05, 4.69) is 20.9 Å². The number of fused-ring (bicyclic) bond motifs is 1. The number of carbonyl (C=O) groups excluding carboxylic acids is 1. The molecule has 2 saturated heterocycles. The number of likely N-dealkylation sites (tertiary alicyclic amines) is 2. The van der Waals surface area contributed by atoms with Crippen LogP contribution in [0.4, 0.5) is 5.82 Å². The Hall–Kier alpha value is -4.95. The van der Waals surface area contributed by atoms with E-state index in [-0.39, 0.29) is 35.6 Å². The number of anilines is 1. The molecule has 6 rings (SSSR count). The molecule has 0 unspecified atom stereocenters. The van der Waals surface area contributed by atoms with Crippen LogP contribution in [0.5, 0.6) is 11.5 Å². The molecule has 2 aromatic carbocycles. The number of nitrogens with two attached hydrogens (primary N) is 1. The summed E-state index contributed by atoms with van der Waals surface area (Å²) in [4.78, 5) is 39.8. The lowest BCUT2D eigenvalue weighted by Gasteiger charge is -2.43. The molecule has 4 aromatic rings. The number of rotatable bonds is 7. The van der Waals surface area contributed by atoms with E-state index in [1.807, 2.05) is 44.2 Å². The number of imidazole rings is 1. The first-order valence-corrected chi connectivity index (χ1v) is 14.0. The van der Waals surface area contributed by atoms with E-state index in [9.17, 15) is 14.9 Å². The summed E-state index contributed by atoms with van der Waals surface area (Å²) in [5.41, 5.74) is 7.05. The number of aromatic nitrogens is 4. The molecule has 0 radical (unpaired) electrons. The fourth-order valence-corrected chi connectivity index (χ4v) is 5.71. The Bertz CT molecular complexity index is 1760. The molecule has 2 N–H and O–H groups in total. The van der Waals surface area contributed by atoms with Crippen molar-refractivity contribution < 1.29 is 9.53 Å². The lowest BCUT2D eigenvalue weighted by atomic mass is 9.95. The normalized spacial score (nSPS) is 17.7. The number of para-hydroxylation sites is 1. The molecule has 0 aliphatic carbocycles. The van der Waals surface area contributed by atoms with Crippen LogP contribution in [0.2, 0.25) is 0 Å². The van der Waals surface area contributed by atoms with E-state index in [4.69, 9.17) is 10.5 Å². The van der Waals surface area contributed by atoms with E-state index >= 15 is 0 Å². The number of nitriles is 1. The van der Waals surface area contributed by atoms with Gasteiger partial charge in [-0.05, 0) is 69.2 Å². The number of nitrogen functional groups attached to an aromatic ring is 1. The predicted molar refractivity (Wildman–Crippen MR) is 158 cm³/mol. The summed E-state index contributed by atoms with van der Waals surface area (Å²) in [6.45, 7) is 6.61. The number of hydrogen-bond donors (Lipinski definition) is 1. The zero-order valence-corrected chi connectivity index (χ0v) is 23.6. The monoisotopic (exact) mass is 564 g/mol. The van der Waals surface area contributed by atoms with Gasteiger partial charge in [0.1, 0.15) is 35.0 Å². The molecule has 2 aliphatic heterocycles. The van der Waals surface area contributed by atoms with Crippen molar-refractivity contribution in [2.45, 2.75) is 38.3 Å². The van der Waals surface area contributed by atoms with Crippen molar-refractivity contribution in [3.05, 3.63) is 83.1 Å². The minimum atomic E-state index is -0.390. The Balaban J connectivity index is 1.29. The number of amides is 1. The van der Waals surface area contributed by atoms with Gasteiger partial charge in [0, 0.05) is 31.7 Å². The highest BCUT2D eigenvalue weighted by molar-refractivity contribution is 5.97. The quantitative estimate of drug-likeness (QED) is 0.265. The first kappa shape index (κ1) is 27.2. The van der Waals surface area contributed by atoms with E-state index in [0.29, 0.717) is 41.3 Å². The third kappa shape index (κ3) is 4.90. The van der Waals surface area contributed by atoms with E-state index in [1.54, 1.807) is 39.8 Å². The third-order valence-corrected chi connectivity index (χ3v) is 8.09. The maximum Gasteiger partial charge on any atom is 0.335 e. The molecule has 0 bridgehead atoms. The highest BCUT2D eigenvalue weighted by Crippen LogP contribution is 2.30. The Labute approximate surface area is 243 Å². The molecular formula is C31H32N8O3. The molecule has 2 aliphatic rings. The first-order valence-electron chi connectivity index (χ1n) is 14.0. The van der Waals surface area contributed by atoms with Crippen LogP contribution < -0.4 is 16.2 Å². The smallest absolute Gasteiger partial charge is 0.335 e. The second-order valence-corrected chi connectivity index (χ2v) is 11.2. The summed E-state index contributed by atoms with van der Waals surface area (Å²) in [5, 5.41) is 9.84. The Morgan fingerprint density at radius 1 is 1.07 bits per heavy atom. The Kier molecular flexibility index (Phi) is 7.00. The lowest BCUT2D eigenvalue weighted by molar-refractivity contribution is -0.125. The van der Waals surface area contributed by atoms with Crippen molar-refractivity contribution >= 4 is 22.9 Å². The molecular weight excluding hydrogens is 532 g/mol. The molecule has 11 heteroatoms. The van der Waals surface area contributed by atoms with Gasteiger partial charge >= 0.3 is 5.69 Å². The van der Waals surface area contributed by atoms with Gasteiger partial charge in [-0.2, -0.15) is 5.26 Å². The van der Waals surface area contributed by atoms with Crippen molar-refractivity contribution in [3.8, 4) is 23.3 Å². The number of nitrogens with zero attached hydrogens (tertiary/aromatic N) is 7. The molecule has 11 nitrogen and oxygen atoms in total. The molecule has 1 amide bonds. The van der Waals surface area contributed by atoms with Gasteiger partial charge in [0.25, 0.3) is 5.91 Å². The van der Waals surface area contributed by atoms with Gasteiger partial charge in [-0.3, -0.25) is 18.8 Å². The van der Waals surface area contributed by atoms with Crippen molar-refractivity contribution in [2.75, 3.05) is 31.9 Å². The third-order valence-electron chi connectivity index (χ3n) is 8.09. The van der Waals surface area contributed by atoms with Crippen molar-refractivity contribution in [2.24, 2.45) is 0 Å². The average Bonchev–Trinajstić information content (AvgIpc) is 3.54. The summed E-state index contributed by atoms with van der Waals surface area (Å²) in [6, 6.07) is 18.3. The standard InChI is InChI=1S/C31H32N8O3/c1-31(2,37-14-6-15-37)17-21(18-32)29(40)36-16-13-23(19-36)39-28-26(27(33)34-20-35-28)38(30(39)41)22-9-11-25(12-10-22)42-24-7-4-3-5-8-24/h3-5,7-12,17,20,23H,6,13-16,19H2,1-2H3,(H2,33,34,35)/b21-17-/t23-/m0/s1. The zero-order valence-electron chi connectivity index (χ0n) is 23.6. The van der Waals surface area contributed by atoms with Crippen LogP contribution in [0.3, 0.4) is 0 Å². The van der Waals surface area contributed by atoms with Crippen molar-refractivity contribution in [1.29, 1.82) is 5.26 Å². The summed E-state index contributed by atoms with van der Waals surface area (Å²) in [5.74, 6) is 1.17. The van der Waals surface area contributed by atoms with Crippen LogP contribution in [0.15, 0.2) is 77.4 Å². The van der Waals surface area contributed by atoms with Gasteiger partial charge in [0.15, 0.2) is 11.5 Å². The van der Waals surface area contributed by atoms with Gasteiger partial charge in [-0.1, -0.05) is 18.2 Å². The molecule has 4 heterocycles. The highest BCUT2D eigenvalue weighted by Gasteiger charge is 2.35. The molecule has 214 valence electrons. The number of carbonyl (C=O) groups is 1. The van der Waals surface area contributed by atoms with Gasteiger partial charge in [-0.15, -0.1) is 0 Å². The minimum Gasteiger partial charge on any atom is -0.457 e. The van der Waals surface area contributed by atoms with Gasteiger partial charge in [0.2, 0.25) is 0 Å². The van der Waals surface area contributed by atoms with E-state index < -0.39 is 5.54 Å². The maximum atomic E-state index is 14.0. The fourth-order valence-electron chi connectivity index (χ4n) is 5.71. The topological polar surface area (TPSA) is 135 Å². The van der Waals surface area contributed by atoms with Crippen molar-refractivity contribution in [1.82, 2.24) is 28.9 Å². The predicted octanol–water partition coefficient (Wildman–Crippen LogP) is 3.66. The first-order chi connectivity index (χ1) is 20.3. The number of ether oxygens (including phenoxy) is 1. The molecule has 2 fully saturated rings. The maximum absolute atomic E-state index is 14.0. The average molecular weight is 565 g/mol. The minimum absolute atomic E-state index is 0.117. The van der Waals surface area contributed by atoms with Gasteiger partial charge < -0.3 is 15.4 Å². The lowest BCUT2D eigenvalue weighted by Crippen LogP contribution is -2.51. The number of benzene rings is 2. The van der Waals surface area contributed by atoms with Crippen LogP contribution in [-0.4, -0.2) is 66.5 Å². The largest absolute Gasteiger partial charge is 0.457 e. The zero-order chi connectivity index (χ0) is 29.4. The van der Waals surface area contributed by atoms with Crippen LogP contribution >= 0.6 is 0 Å². The van der Waals surface area contributed by atoms with Gasteiger partial charge in [0.05, 0.1) is 11.7 Å².